The molecule has 0 saturated heterocycles. The third kappa shape index (κ3) is 5.17. The Labute approximate surface area is 160 Å². The molecule has 0 aliphatic carbocycles. The van der Waals surface area contributed by atoms with Gasteiger partial charge in [-0.3, -0.25) is 9.59 Å². The van der Waals surface area contributed by atoms with Crippen LogP contribution in [0.15, 0.2) is 48.5 Å². The average Bonchev–Trinajstić information content (AvgIpc) is 2.65. The molecule has 0 fully saturated rings. The van der Waals surface area contributed by atoms with Gasteiger partial charge in [0.25, 0.3) is 0 Å². The van der Waals surface area contributed by atoms with Gasteiger partial charge in [0, 0.05) is 31.1 Å². The van der Waals surface area contributed by atoms with E-state index in [4.69, 9.17) is 0 Å². The van der Waals surface area contributed by atoms with Crippen molar-refractivity contribution in [3.05, 3.63) is 65.2 Å². The van der Waals surface area contributed by atoms with Crippen LogP contribution < -0.4 is 10.6 Å². The second-order valence-corrected chi connectivity index (χ2v) is 7.37. The van der Waals surface area contributed by atoms with Gasteiger partial charge in [0.1, 0.15) is 0 Å². The number of amides is 2. The molecule has 0 saturated carbocycles. The number of benzene rings is 2. The van der Waals surface area contributed by atoms with Crippen LogP contribution in [-0.4, -0.2) is 30.8 Å². The molecule has 0 aromatic heterocycles. The summed E-state index contributed by atoms with van der Waals surface area (Å²) in [7, 11) is 4.06. The van der Waals surface area contributed by atoms with E-state index in [0.29, 0.717) is 25.8 Å². The van der Waals surface area contributed by atoms with Crippen molar-refractivity contribution in [2.75, 3.05) is 19.4 Å². The molecular weight excluding hydrogens is 338 g/mol. The SMILES string of the molecule is CN(C)Cc1ccccc1CNC(=O)CC[C@@H]1Cc2ccccc2NC1=O. The van der Waals surface area contributed by atoms with Gasteiger partial charge in [0.05, 0.1) is 0 Å². The summed E-state index contributed by atoms with van der Waals surface area (Å²) in [5, 5.41) is 5.94. The molecule has 142 valence electrons. The second-order valence-electron chi connectivity index (χ2n) is 7.37. The summed E-state index contributed by atoms with van der Waals surface area (Å²) in [5.41, 5.74) is 4.37. The highest BCUT2D eigenvalue weighted by atomic mass is 16.2. The van der Waals surface area contributed by atoms with Crippen molar-refractivity contribution in [1.82, 2.24) is 10.2 Å². The third-order valence-electron chi connectivity index (χ3n) is 4.91. The van der Waals surface area contributed by atoms with E-state index >= 15 is 0 Å². The summed E-state index contributed by atoms with van der Waals surface area (Å²) in [6.45, 7) is 1.36. The van der Waals surface area contributed by atoms with Gasteiger partial charge >= 0.3 is 0 Å². The largest absolute Gasteiger partial charge is 0.352 e. The molecule has 1 aliphatic heterocycles. The number of para-hydroxylation sites is 1. The Morgan fingerprint density at radius 2 is 1.81 bits per heavy atom. The fourth-order valence-electron chi connectivity index (χ4n) is 3.46. The number of hydrogen-bond acceptors (Lipinski definition) is 3. The summed E-state index contributed by atoms with van der Waals surface area (Å²) in [6, 6.07) is 16.0. The number of hydrogen-bond donors (Lipinski definition) is 2. The zero-order chi connectivity index (χ0) is 19.2. The van der Waals surface area contributed by atoms with Crippen LogP contribution >= 0.6 is 0 Å². The third-order valence-corrected chi connectivity index (χ3v) is 4.91. The van der Waals surface area contributed by atoms with Crippen molar-refractivity contribution in [1.29, 1.82) is 0 Å². The summed E-state index contributed by atoms with van der Waals surface area (Å²) in [4.78, 5) is 26.7. The zero-order valence-corrected chi connectivity index (χ0v) is 16.0. The van der Waals surface area contributed by atoms with Gasteiger partial charge < -0.3 is 15.5 Å². The predicted molar refractivity (Wildman–Crippen MR) is 107 cm³/mol. The Bertz CT molecular complexity index is 817. The molecule has 0 radical (unpaired) electrons. The fourth-order valence-corrected chi connectivity index (χ4v) is 3.46. The van der Waals surface area contributed by atoms with Gasteiger partial charge in [-0.25, -0.2) is 0 Å². The molecule has 0 spiro atoms. The van der Waals surface area contributed by atoms with Crippen molar-refractivity contribution in [3.8, 4) is 0 Å². The monoisotopic (exact) mass is 365 g/mol. The van der Waals surface area contributed by atoms with Gasteiger partial charge in [-0.2, -0.15) is 0 Å². The lowest BCUT2D eigenvalue weighted by atomic mass is 9.89. The molecule has 1 aliphatic rings. The zero-order valence-electron chi connectivity index (χ0n) is 16.0. The topological polar surface area (TPSA) is 61.4 Å². The van der Waals surface area contributed by atoms with E-state index in [0.717, 1.165) is 23.4 Å². The molecule has 0 bridgehead atoms. The number of anilines is 1. The maximum atomic E-state index is 12.3. The molecular formula is C22H27N3O2. The van der Waals surface area contributed by atoms with Gasteiger partial charge in [0.2, 0.25) is 11.8 Å². The van der Waals surface area contributed by atoms with Crippen molar-refractivity contribution in [3.63, 3.8) is 0 Å². The Kier molecular flexibility index (Phi) is 6.24. The van der Waals surface area contributed by atoms with Crippen LogP contribution in [-0.2, 0) is 29.1 Å². The molecule has 1 heterocycles. The highest BCUT2D eigenvalue weighted by molar-refractivity contribution is 5.96. The van der Waals surface area contributed by atoms with Gasteiger partial charge in [0.15, 0.2) is 0 Å². The lowest BCUT2D eigenvalue weighted by molar-refractivity contribution is -0.122. The summed E-state index contributed by atoms with van der Waals surface area (Å²) in [6.07, 6.45) is 1.61. The number of nitrogens with one attached hydrogen (secondary N) is 2. The van der Waals surface area contributed by atoms with E-state index in [9.17, 15) is 9.59 Å². The molecule has 0 unspecified atom stereocenters. The molecule has 2 N–H and O–H groups in total. The number of nitrogens with zero attached hydrogens (tertiary/aromatic N) is 1. The van der Waals surface area contributed by atoms with Crippen molar-refractivity contribution in [2.24, 2.45) is 5.92 Å². The highest BCUT2D eigenvalue weighted by Gasteiger charge is 2.26. The minimum atomic E-state index is -0.147. The molecule has 5 heteroatoms. The van der Waals surface area contributed by atoms with Crippen LogP contribution in [0.1, 0.15) is 29.5 Å². The Balaban J connectivity index is 1.50. The lowest BCUT2D eigenvalue weighted by Gasteiger charge is -2.24. The van der Waals surface area contributed by atoms with Gasteiger partial charge in [-0.05, 0) is 49.7 Å². The molecule has 5 nitrogen and oxygen atoms in total. The molecule has 2 aromatic rings. The number of carbonyl (C=O) groups excluding carboxylic acids is 2. The molecule has 27 heavy (non-hydrogen) atoms. The van der Waals surface area contributed by atoms with Gasteiger partial charge in [-0.1, -0.05) is 42.5 Å². The van der Waals surface area contributed by atoms with Crippen molar-refractivity contribution < 1.29 is 9.59 Å². The second kappa shape index (κ2) is 8.82. The van der Waals surface area contributed by atoms with Crippen LogP contribution in [0.2, 0.25) is 0 Å². The van der Waals surface area contributed by atoms with E-state index in [1.54, 1.807) is 0 Å². The molecule has 2 aromatic carbocycles. The van der Waals surface area contributed by atoms with Crippen LogP contribution in [0.3, 0.4) is 0 Å². The fraction of sp³-hybridized carbons (Fsp3) is 0.364. The molecule has 3 rings (SSSR count). The Morgan fingerprint density at radius 1 is 1.11 bits per heavy atom. The Morgan fingerprint density at radius 3 is 2.59 bits per heavy atom. The van der Waals surface area contributed by atoms with Crippen molar-refractivity contribution >= 4 is 17.5 Å². The number of carbonyl (C=O) groups is 2. The standard InChI is InChI=1S/C22H27N3O2/c1-25(2)15-19-9-4-3-8-18(19)14-23-21(26)12-11-17-13-16-7-5-6-10-20(16)24-22(17)27/h3-10,17H,11-15H2,1-2H3,(H,23,26)(H,24,27)/t17-/m1/s1. The summed E-state index contributed by atoms with van der Waals surface area (Å²) < 4.78 is 0. The minimum absolute atomic E-state index is 0.0119. The first-order valence-corrected chi connectivity index (χ1v) is 9.40. The Hall–Kier alpha value is -2.66. The van der Waals surface area contributed by atoms with E-state index in [1.807, 2.05) is 56.6 Å². The van der Waals surface area contributed by atoms with Crippen LogP contribution in [0, 0.1) is 5.92 Å². The lowest BCUT2D eigenvalue weighted by Crippen LogP contribution is -2.31. The van der Waals surface area contributed by atoms with Crippen LogP contribution in [0.5, 0.6) is 0 Å². The summed E-state index contributed by atoms with van der Waals surface area (Å²) in [5.74, 6) is -0.147. The normalized spacial score (nSPS) is 16.0. The first-order chi connectivity index (χ1) is 13.0. The van der Waals surface area contributed by atoms with E-state index in [-0.39, 0.29) is 17.7 Å². The quantitative estimate of drug-likeness (QED) is 0.793. The minimum Gasteiger partial charge on any atom is -0.352 e. The van der Waals surface area contributed by atoms with Crippen LogP contribution in [0.25, 0.3) is 0 Å². The first kappa shape index (κ1) is 19.1. The molecule has 2 amide bonds. The molecule has 1 atom stereocenters. The van der Waals surface area contributed by atoms with Gasteiger partial charge in [-0.15, -0.1) is 0 Å². The first-order valence-electron chi connectivity index (χ1n) is 9.40. The number of rotatable bonds is 7. The van der Waals surface area contributed by atoms with E-state index in [1.165, 1.54) is 5.56 Å². The smallest absolute Gasteiger partial charge is 0.227 e. The average molecular weight is 365 g/mol. The maximum absolute atomic E-state index is 12.3. The predicted octanol–water partition coefficient (Wildman–Crippen LogP) is 2.96. The number of fused-ring (bicyclic) bond motifs is 1. The maximum Gasteiger partial charge on any atom is 0.227 e. The summed E-state index contributed by atoms with van der Waals surface area (Å²) >= 11 is 0. The van der Waals surface area contributed by atoms with E-state index in [2.05, 4.69) is 21.6 Å². The highest BCUT2D eigenvalue weighted by Crippen LogP contribution is 2.27. The van der Waals surface area contributed by atoms with E-state index < -0.39 is 0 Å². The van der Waals surface area contributed by atoms with Crippen LogP contribution in [0.4, 0.5) is 5.69 Å². The van der Waals surface area contributed by atoms with Crippen molar-refractivity contribution in [2.45, 2.75) is 32.4 Å².